The third kappa shape index (κ3) is 4.34. The van der Waals surface area contributed by atoms with E-state index in [1.54, 1.807) is 18.6 Å². The van der Waals surface area contributed by atoms with E-state index in [4.69, 9.17) is 9.72 Å². The molecule has 2 aliphatic rings. The van der Waals surface area contributed by atoms with Gasteiger partial charge in [0.2, 0.25) is 0 Å². The number of aromatic hydroxyl groups is 1. The summed E-state index contributed by atoms with van der Waals surface area (Å²) in [7, 11) is 0. The number of aromatic nitrogens is 4. The number of pyridine rings is 2. The van der Waals surface area contributed by atoms with Crippen molar-refractivity contribution in [2.75, 3.05) is 31.1 Å². The van der Waals surface area contributed by atoms with Gasteiger partial charge in [0.1, 0.15) is 17.2 Å². The van der Waals surface area contributed by atoms with Crippen LogP contribution in [-0.2, 0) is 4.74 Å². The van der Waals surface area contributed by atoms with Crippen molar-refractivity contribution in [2.45, 2.75) is 45.6 Å². The Kier molecular flexibility index (Phi) is 5.50. The highest BCUT2D eigenvalue weighted by molar-refractivity contribution is 5.95. The summed E-state index contributed by atoms with van der Waals surface area (Å²) in [6.07, 6.45) is 9.14. The van der Waals surface area contributed by atoms with Crippen LogP contribution in [0.1, 0.15) is 40.0 Å². The quantitative estimate of drug-likeness (QED) is 0.609. The normalized spacial score (nSPS) is 18.0. The van der Waals surface area contributed by atoms with Gasteiger partial charge in [0, 0.05) is 44.1 Å². The molecule has 2 saturated heterocycles. The van der Waals surface area contributed by atoms with E-state index in [9.17, 15) is 9.90 Å². The highest BCUT2D eigenvalue weighted by Gasteiger charge is 2.43. The largest absolute Gasteiger partial charge is 0.505 e. The van der Waals surface area contributed by atoms with Gasteiger partial charge in [-0.3, -0.25) is 9.97 Å². The van der Waals surface area contributed by atoms with Gasteiger partial charge < -0.3 is 19.6 Å². The minimum absolute atomic E-state index is 0.0750. The first-order valence-electron chi connectivity index (χ1n) is 11.7. The molecular weight excluding hydrogens is 432 g/mol. The fraction of sp³-hybridized carbons (Fsp3) is 0.480. The Balaban J connectivity index is 1.38. The second-order valence-corrected chi connectivity index (χ2v) is 10.3. The van der Waals surface area contributed by atoms with Crippen LogP contribution in [0.15, 0.2) is 36.9 Å². The van der Waals surface area contributed by atoms with Gasteiger partial charge in [-0.25, -0.2) is 14.8 Å². The molecule has 178 valence electrons. The molecule has 3 aromatic rings. The zero-order valence-corrected chi connectivity index (χ0v) is 19.9. The van der Waals surface area contributed by atoms with Crippen molar-refractivity contribution < 1.29 is 14.6 Å². The predicted octanol–water partition coefficient (Wildman–Crippen LogP) is 4.02. The van der Waals surface area contributed by atoms with Gasteiger partial charge in [0.25, 0.3) is 0 Å². The van der Waals surface area contributed by atoms with Crippen molar-refractivity contribution in [3.8, 4) is 17.1 Å². The average molecular weight is 463 g/mol. The number of rotatable bonds is 2. The fourth-order valence-corrected chi connectivity index (χ4v) is 4.93. The number of nitrogens with zero attached hydrogens (tertiary/aromatic N) is 6. The van der Waals surface area contributed by atoms with Crippen molar-refractivity contribution in [1.29, 1.82) is 0 Å². The summed E-state index contributed by atoms with van der Waals surface area (Å²) >= 11 is 0. The number of ether oxygens (including phenoxy) is 1. The van der Waals surface area contributed by atoms with Crippen LogP contribution in [0.3, 0.4) is 0 Å². The summed E-state index contributed by atoms with van der Waals surface area (Å²) in [6, 6.07) is 3.74. The number of likely N-dealkylation sites (tertiary alicyclic amines) is 1. The van der Waals surface area contributed by atoms with E-state index >= 15 is 0 Å². The summed E-state index contributed by atoms with van der Waals surface area (Å²) in [4.78, 5) is 34.4. The lowest BCUT2D eigenvalue weighted by Crippen LogP contribution is -2.43. The first-order valence-corrected chi connectivity index (χ1v) is 11.7. The van der Waals surface area contributed by atoms with Crippen LogP contribution in [0.2, 0.25) is 0 Å². The summed E-state index contributed by atoms with van der Waals surface area (Å²) < 4.78 is 5.58. The maximum Gasteiger partial charge on any atom is 0.410 e. The molecule has 0 radical (unpaired) electrons. The Morgan fingerprint density at radius 1 is 1.03 bits per heavy atom. The summed E-state index contributed by atoms with van der Waals surface area (Å²) in [5.74, 6) is 1.37. The highest BCUT2D eigenvalue weighted by Crippen LogP contribution is 2.43. The first kappa shape index (κ1) is 22.3. The van der Waals surface area contributed by atoms with Crippen LogP contribution < -0.4 is 4.90 Å². The maximum absolute atomic E-state index is 12.6. The van der Waals surface area contributed by atoms with E-state index in [1.165, 1.54) is 6.20 Å². The van der Waals surface area contributed by atoms with E-state index in [2.05, 4.69) is 19.9 Å². The smallest absolute Gasteiger partial charge is 0.410 e. The van der Waals surface area contributed by atoms with Crippen molar-refractivity contribution >= 4 is 22.8 Å². The van der Waals surface area contributed by atoms with Gasteiger partial charge in [-0.2, -0.15) is 0 Å². The minimum Gasteiger partial charge on any atom is -0.505 e. The molecule has 1 N–H and O–H groups in total. The number of carbonyl (C=O) groups excluding carboxylic acids is 1. The highest BCUT2D eigenvalue weighted by atomic mass is 16.6. The van der Waals surface area contributed by atoms with Crippen molar-refractivity contribution in [3.05, 3.63) is 36.9 Å². The van der Waals surface area contributed by atoms with E-state index in [1.807, 2.05) is 37.8 Å². The first-order chi connectivity index (χ1) is 16.2. The van der Waals surface area contributed by atoms with Crippen LogP contribution in [-0.4, -0.2) is 67.8 Å². The molecule has 34 heavy (non-hydrogen) atoms. The molecule has 1 spiro atoms. The van der Waals surface area contributed by atoms with Crippen molar-refractivity contribution in [2.24, 2.45) is 5.41 Å². The molecule has 3 aromatic heterocycles. The second kappa shape index (κ2) is 8.38. The molecule has 2 fully saturated rings. The molecule has 0 unspecified atom stereocenters. The van der Waals surface area contributed by atoms with Gasteiger partial charge in [-0.1, -0.05) is 0 Å². The molecule has 0 saturated carbocycles. The lowest BCUT2D eigenvalue weighted by Gasteiger charge is -2.40. The van der Waals surface area contributed by atoms with Crippen LogP contribution >= 0.6 is 0 Å². The molecule has 1 amide bonds. The van der Waals surface area contributed by atoms with E-state index in [0.29, 0.717) is 22.5 Å². The molecule has 2 aliphatic heterocycles. The number of carbonyl (C=O) groups is 1. The maximum atomic E-state index is 12.6. The van der Waals surface area contributed by atoms with E-state index < -0.39 is 5.60 Å². The summed E-state index contributed by atoms with van der Waals surface area (Å²) in [5.41, 5.74) is 1.06. The molecule has 9 heteroatoms. The van der Waals surface area contributed by atoms with Gasteiger partial charge in [0.05, 0.1) is 23.3 Å². The average Bonchev–Trinajstić information content (AvgIpc) is 3.22. The molecule has 0 aliphatic carbocycles. The topological polar surface area (TPSA) is 105 Å². The Morgan fingerprint density at radius 2 is 1.74 bits per heavy atom. The Labute approximate surface area is 198 Å². The lowest BCUT2D eigenvalue weighted by atomic mass is 9.78. The Morgan fingerprint density at radius 3 is 2.44 bits per heavy atom. The fourth-order valence-electron chi connectivity index (χ4n) is 4.93. The van der Waals surface area contributed by atoms with Gasteiger partial charge in [-0.05, 0) is 57.6 Å². The van der Waals surface area contributed by atoms with E-state index in [0.717, 1.165) is 51.0 Å². The van der Waals surface area contributed by atoms with Gasteiger partial charge in [-0.15, -0.1) is 0 Å². The standard InChI is InChI=1S/C25H30N6O3/c1-24(2,3)34-23(33)31-13-8-25(16-31)6-11-30(12-7-25)22-20-18(14-27-15-19(20)32)28-21(29-22)17-4-9-26-10-5-17/h4-5,9-10,14-15,32H,6-8,11-13,16H2,1-3H3. The Bertz CT molecular complexity index is 1200. The number of piperidine rings is 1. The van der Waals surface area contributed by atoms with Crippen LogP contribution in [0, 0.1) is 5.41 Å². The van der Waals surface area contributed by atoms with Crippen molar-refractivity contribution in [3.63, 3.8) is 0 Å². The molecule has 5 rings (SSSR count). The zero-order valence-electron chi connectivity index (χ0n) is 19.9. The summed E-state index contributed by atoms with van der Waals surface area (Å²) in [6.45, 7) is 8.70. The number of fused-ring (bicyclic) bond motifs is 1. The van der Waals surface area contributed by atoms with Crippen LogP contribution in [0.4, 0.5) is 10.6 Å². The van der Waals surface area contributed by atoms with Crippen LogP contribution in [0.25, 0.3) is 22.3 Å². The number of hydrogen-bond acceptors (Lipinski definition) is 8. The minimum atomic E-state index is -0.492. The molecule has 9 nitrogen and oxygen atoms in total. The third-order valence-corrected chi connectivity index (χ3v) is 6.72. The number of hydrogen-bond donors (Lipinski definition) is 1. The molecule has 0 atom stereocenters. The van der Waals surface area contributed by atoms with E-state index in [-0.39, 0.29) is 17.3 Å². The SMILES string of the molecule is CC(C)(C)OC(=O)N1CCC2(CCN(c3nc(-c4ccncc4)nc4cncc(O)c34)CC2)C1. The van der Waals surface area contributed by atoms with Gasteiger partial charge >= 0.3 is 6.09 Å². The summed E-state index contributed by atoms with van der Waals surface area (Å²) in [5, 5.41) is 11.2. The monoisotopic (exact) mass is 462 g/mol. The van der Waals surface area contributed by atoms with Crippen molar-refractivity contribution in [1.82, 2.24) is 24.8 Å². The lowest BCUT2D eigenvalue weighted by molar-refractivity contribution is 0.0266. The molecular formula is C25H30N6O3. The number of anilines is 1. The molecule has 0 aromatic carbocycles. The van der Waals surface area contributed by atoms with Gasteiger partial charge in [0.15, 0.2) is 5.82 Å². The molecule has 0 bridgehead atoms. The number of amides is 1. The van der Waals surface area contributed by atoms with Crippen LogP contribution in [0.5, 0.6) is 5.75 Å². The zero-order chi connectivity index (χ0) is 23.9. The molecule has 5 heterocycles. The third-order valence-electron chi connectivity index (χ3n) is 6.72. The second-order valence-electron chi connectivity index (χ2n) is 10.3. The Hall–Kier alpha value is -3.49. The predicted molar refractivity (Wildman–Crippen MR) is 129 cm³/mol.